The molecular formula is C17H25NO2. The van der Waals surface area contributed by atoms with Crippen molar-refractivity contribution in [2.75, 3.05) is 6.54 Å². The second-order valence-corrected chi connectivity index (χ2v) is 5.83. The second kappa shape index (κ2) is 8.05. The quantitative estimate of drug-likeness (QED) is 0.838. The van der Waals surface area contributed by atoms with Gasteiger partial charge in [-0.2, -0.15) is 0 Å². The van der Waals surface area contributed by atoms with E-state index in [9.17, 15) is 9.90 Å². The van der Waals surface area contributed by atoms with Gasteiger partial charge in [-0.25, -0.2) is 0 Å². The molecule has 3 heteroatoms. The highest BCUT2D eigenvalue weighted by Crippen LogP contribution is 2.23. The molecule has 2 atom stereocenters. The van der Waals surface area contributed by atoms with Gasteiger partial charge in [-0.05, 0) is 43.6 Å². The first-order valence-electron chi connectivity index (χ1n) is 7.72. The lowest BCUT2D eigenvalue weighted by Gasteiger charge is -2.25. The Morgan fingerprint density at radius 2 is 2.05 bits per heavy atom. The zero-order valence-electron chi connectivity index (χ0n) is 12.1. The largest absolute Gasteiger partial charge is 0.393 e. The van der Waals surface area contributed by atoms with Gasteiger partial charge >= 0.3 is 0 Å². The molecule has 2 rings (SSSR count). The third kappa shape index (κ3) is 5.33. The topological polar surface area (TPSA) is 49.3 Å². The molecular weight excluding hydrogens is 250 g/mol. The molecule has 2 N–H and O–H groups in total. The van der Waals surface area contributed by atoms with E-state index in [1.807, 2.05) is 18.2 Å². The number of nitrogens with one attached hydrogen (secondary N) is 1. The van der Waals surface area contributed by atoms with Crippen molar-refractivity contribution in [1.29, 1.82) is 0 Å². The van der Waals surface area contributed by atoms with Crippen molar-refractivity contribution in [3.05, 3.63) is 35.9 Å². The molecule has 0 saturated heterocycles. The van der Waals surface area contributed by atoms with Crippen molar-refractivity contribution in [1.82, 2.24) is 5.32 Å². The summed E-state index contributed by atoms with van der Waals surface area (Å²) in [6.07, 6.45) is 6.23. The summed E-state index contributed by atoms with van der Waals surface area (Å²) >= 11 is 0. The first-order chi connectivity index (χ1) is 9.74. The Bertz CT molecular complexity index is 405. The summed E-state index contributed by atoms with van der Waals surface area (Å²) in [7, 11) is 0. The molecule has 2 unspecified atom stereocenters. The highest BCUT2D eigenvalue weighted by atomic mass is 16.3. The van der Waals surface area contributed by atoms with Gasteiger partial charge in [0.1, 0.15) is 0 Å². The van der Waals surface area contributed by atoms with Gasteiger partial charge in [0.05, 0.1) is 6.10 Å². The van der Waals surface area contributed by atoms with Crippen LogP contribution in [0.2, 0.25) is 0 Å². The molecule has 1 amide bonds. The highest BCUT2D eigenvalue weighted by molar-refractivity contribution is 5.75. The summed E-state index contributed by atoms with van der Waals surface area (Å²) in [5.41, 5.74) is 1.29. The fourth-order valence-corrected chi connectivity index (χ4v) is 2.89. The summed E-state index contributed by atoms with van der Waals surface area (Å²) in [6, 6.07) is 10.3. The van der Waals surface area contributed by atoms with Crippen molar-refractivity contribution < 1.29 is 9.90 Å². The zero-order valence-corrected chi connectivity index (χ0v) is 12.1. The molecule has 1 aliphatic carbocycles. The number of carbonyl (C=O) groups is 1. The summed E-state index contributed by atoms with van der Waals surface area (Å²) < 4.78 is 0. The number of amides is 1. The first kappa shape index (κ1) is 15.0. The van der Waals surface area contributed by atoms with Gasteiger partial charge in [-0.1, -0.05) is 36.8 Å². The number of carbonyl (C=O) groups excluding carboxylic acids is 1. The maximum atomic E-state index is 11.8. The number of aliphatic hydroxyl groups excluding tert-OH is 1. The standard InChI is InChI=1S/C17H25NO2/c19-16-10-4-9-15(12-16)13-18-17(20)11-5-8-14-6-2-1-3-7-14/h1-3,6-7,15-16,19H,4-5,8-13H2,(H,18,20). The van der Waals surface area contributed by atoms with Gasteiger partial charge in [-0.3, -0.25) is 4.79 Å². The molecule has 0 bridgehead atoms. The van der Waals surface area contributed by atoms with E-state index in [1.54, 1.807) is 0 Å². The predicted octanol–water partition coefficient (Wildman–Crippen LogP) is 2.68. The van der Waals surface area contributed by atoms with Crippen LogP contribution in [0, 0.1) is 5.92 Å². The van der Waals surface area contributed by atoms with E-state index in [-0.39, 0.29) is 12.0 Å². The Hall–Kier alpha value is -1.35. The number of benzene rings is 1. The number of hydrogen-bond donors (Lipinski definition) is 2. The lowest BCUT2D eigenvalue weighted by molar-refractivity contribution is -0.121. The fourth-order valence-electron chi connectivity index (χ4n) is 2.89. The fraction of sp³-hybridized carbons (Fsp3) is 0.588. The smallest absolute Gasteiger partial charge is 0.220 e. The van der Waals surface area contributed by atoms with E-state index >= 15 is 0 Å². The van der Waals surface area contributed by atoms with Crippen LogP contribution in [-0.2, 0) is 11.2 Å². The van der Waals surface area contributed by atoms with Crippen LogP contribution in [0.25, 0.3) is 0 Å². The molecule has 1 aromatic carbocycles. The van der Waals surface area contributed by atoms with Crippen LogP contribution in [-0.4, -0.2) is 23.7 Å². The highest BCUT2D eigenvalue weighted by Gasteiger charge is 2.20. The molecule has 0 aliphatic heterocycles. The maximum Gasteiger partial charge on any atom is 0.220 e. The molecule has 1 aliphatic rings. The number of aliphatic hydroxyl groups is 1. The average Bonchev–Trinajstić information content (AvgIpc) is 2.46. The Balaban J connectivity index is 1.58. The normalized spacial score (nSPS) is 22.4. The van der Waals surface area contributed by atoms with E-state index in [0.717, 1.165) is 45.1 Å². The average molecular weight is 275 g/mol. The van der Waals surface area contributed by atoms with E-state index in [0.29, 0.717) is 12.3 Å². The third-order valence-electron chi connectivity index (χ3n) is 4.06. The van der Waals surface area contributed by atoms with Crippen molar-refractivity contribution in [2.45, 2.75) is 51.0 Å². The van der Waals surface area contributed by atoms with E-state index in [2.05, 4.69) is 17.4 Å². The van der Waals surface area contributed by atoms with Crippen LogP contribution in [0.4, 0.5) is 0 Å². The van der Waals surface area contributed by atoms with Gasteiger partial charge < -0.3 is 10.4 Å². The Kier molecular flexibility index (Phi) is 6.06. The number of aryl methyl sites for hydroxylation is 1. The van der Waals surface area contributed by atoms with Crippen LogP contribution in [0.5, 0.6) is 0 Å². The maximum absolute atomic E-state index is 11.8. The van der Waals surface area contributed by atoms with E-state index in [4.69, 9.17) is 0 Å². The molecule has 1 saturated carbocycles. The monoisotopic (exact) mass is 275 g/mol. The Morgan fingerprint density at radius 3 is 2.80 bits per heavy atom. The lowest BCUT2D eigenvalue weighted by atomic mass is 9.87. The van der Waals surface area contributed by atoms with Crippen LogP contribution < -0.4 is 5.32 Å². The number of hydrogen-bond acceptors (Lipinski definition) is 2. The first-order valence-corrected chi connectivity index (χ1v) is 7.72. The minimum absolute atomic E-state index is 0.140. The molecule has 0 spiro atoms. The van der Waals surface area contributed by atoms with Gasteiger partial charge in [0.2, 0.25) is 5.91 Å². The summed E-state index contributed by atoms with van der Waals surface area (Å²) in [4.78, 5) is 11.8. The van der Waals surface area contributed by atoms with Crippen LogP contribution in [0.15, 0.2) is 30.3 Å². The minimum Gasteiger partial charge on any atom is -0.393 e. The molecule has 20 heavy (non-hydrogen) atoms. The van der Waals surface area contributed by atoms with E-state index < -0.39 is 0 Å². The van der Waals surface area contributed by atoms with Gasteiger partial charge in [-0.15, -0.1) is 0 Å². The molecule has 3 nitrogen and oxygen atoms in total. The predicted molar refractivity (Wildman–Crippen MR) is 80.4 cm³/mol. The molecule has 0 heterocycles. The van der Waals surface area contributed by atoms with Crippen LogP contribution in [0.3, 0.4) is 0 Å². The summed E-state index contributed by atoms with van der Waals surface area (Å²) in [5.74, 6) is 0.595. The molecule has 1 fully saturated rings. The molecule has 0 radical (unpaired) electrons. The third-order valence-corrected chi connectivity index (χ3v) is 4.06. The Morgan fingerprint density at radius 1 is 1.25 bits per heavy atom. The SMILES string of the molecule is O=C(CCCc1ccccc1)NCC1CCCC(O)C1. The second-order valence-electron chi connectivity index (χ2n) is 5.83. The van der Waals surface area contributed by atoms with Crippen molar-refractivity contribution in [2.24, 2.45) is 5.92 Å². The van der Waals surface area contributed by atoms with Crippen molar-refractivity contribution in [3.8, 4) is 0 Å². The van der Waals surface area contributed by atoms with Gasteiger partial charge in [0.15, 0.2) is 0 Å². The van der Waals surface area contributed by atoms with Gasteiger partial charge in [0.25, 0.3) is 0 Å². The molecule has 110 valence electrons. The zero-order chi connectivity index (χ0) is 14.2. The lowest BCUT2D eigenvalue weighted by Crippen LogP contribution is -2.32. The van der Waals surface area contributed by atoms with Crippen molar-refractivity contribution >= 4 is 5.91 Å². The minimum atomic E-state index is -0.163. The van der Waals surface area contributed by atoms with Crippen molar-refractivity contribution in [3.63, 3.8) is 0 Å². The van der Waals surface area contributed by atoms with Crippen LogP contribution >= 0.6 is 0 Å². The van der Waals surface area contributed by atoms with E-state index in [1.165, 1.54) is 5.56 Å². The Labute approximate surface area is 121 Å². The van der Waals surface area contributed by atoms with Gasteiger partial charge in [0, 0.05) is 13.0 Å². The van der Waals surface area contributed by atoms with Crippen LogP contribution in [0.1, 0.15) is 44.1 Å². The molecule has 1 aromatic rings. The summed E-state index contributed by atoms with van der Waals surface area (Å²) in [6.45, 7) is 0.723. The number of rotatable bonds is 6. The summed E-state index contributed by atoms with van der Waals surface area (Å²) in [5, 5.41) is 12.6. The molecule has 0 aromatic heterocycles.